The van der Waals surface area contributed by atoms with Gasteiger partial charge in [0.1, 0.15) is 15.5 Å². The van der Waals surface area contributed by atoms with Crippen molar-refractivity contribution in [3.63, 3.8) is 0 Å². The summed E-state index contributed by atoms with van der Waals surface area (Å²) in [5.74, 6) is -1.99. The molecule has 358 valence electrons. The lowest BCUT2D eigenvalue weighted by Crippen LogP contribution is -2.52. The number of halogens is 1. The largest absolute Gasteiger partial charge is 0.397 e. The van der Waals surface area contributed by atoms with Crippen molar-refractivity contribution in [2.45, 2.75) is 30.6 Å². The van der Waals surface area contributed by atoms with Gasteiger partial charge >= 0.3 is 10.4 Å². The lowest BCUT2D eigenvalue weighted by molar-refractivity contribution is 0.197. The van der Waals surface area contributed by atoms with Gasteiger partial charge in [-0.1, -0.05) is 0 Å². The Morgan fingerprint density at radius 1 is 0.742 bits per heavy atom. The highest BCUT2D eigenvalue weighted by Gasteiger charge is 2.55. The molecule has 0 bridgehead atoms. The third-order valence-electron chi connectivity index (χ3n) is 8.67. The minimum atomic E-state index is -5.59. The van der Waals surface area contributed by atoms with Gasteiger partial charge in [-0.2, -0.15) is 48.6 Å². The summed E-state index contributed by atoms with van der Waals surface area (Å²) in [4.78, 5) is 21.4. The summed E-state index contributed by atoms with van der Waals surface area (Å²) >= 11 is 6.01. The van der Waals surface area contributed by atoms with Crippen molar-refractivity contribution in [1.82, 2.24) is 24.7 Å². The minimum absolute atomic E-state index is 0.00739. The molecule has 5 rings (SSSR count). The number of aliphatic hydroxyl groups is 2. The summed E-state index contributed by atoms with van der Waals surface area (Å²) in [6.45, 7) is -3.04. The molecular formula is C30H30ClN9O20S6. The second-order valence-corrected chi connectivity index (χ2v) is 23.6. The summed E-state index contributed by atoms with van der Waals surface area (Å²) in [7, 11) is -30.5. The predicted octanol–water partition coefficient (Wildman–Crippen LogP) is 0.644. The van der Waals surface area contributed by atoms with Crippen LogP contribution in [0.3, 0.4) is 0 Å². The quantitative estimate of drug-likeness (QED) is 0.0405. The van der Waals surface area contributed by atoms with Crippen LogP contribution in [-0.2, 0) is 64.6 Å². The molecule has 0 spiro atoms. The van der Waals surface area contributed by atoms with Crippen LogP contribution in [0, 0.1) is 6.92 Å². The Kier molecular flexibility index (Phi) is 14.6. The van der Waals surface area contributed by atoms with Crippen molar-refractivity contribution in [2.75, 3.05) is 36.2 Å². The zero-order valence-corrected chi connectivity index (χ0v) is 38.2. The maximum absolute atomic E-state index is 13.4. The summed E-state index contributed by atoms with van der Waals surface area (Å²) in [5, 5.41) is 33.3. The number of hydrogen-bond donors (Lipinski definition) is 9. The van der Waals surface area contributed by atoms with E-state index in [0.29, 0.717) is 12.1 Å². The molecule has 5 aromatic rings. The van der Waals surface area contributed by atoms with E-state index in [2.05, 4.69) is 45.1 Å². The Balaban J connectivity index is 1.46. The van der Waals surface area contributed by atoms with E-state index >= 15 is 0 Å². The molecule has 0 aliphatic carbocycles. The molecule has 36 heteroatoms. The molecule has 29 nitrogen and oxygen atoms in total. The number of sulfone groups is 2. The first kappa shape index (κ1) is 51.6. The Morgan fingerprint density at radius 2 is 1.29 bits per heavy atom. The smallest absolute Gasteiger partial charge is 0.393 e. The molecule has 3 aromatic carbocycles. The van der Waals surface area contributed by atoms with Crippen LogP contribution in [0.5, 0.6) is 0 Å². The molecule has 0 aliphatic rings. The lowest BCUT2D eigenvalue weighted by Gasteiger charge is -2.26. The van der Waals surface area contributed by atoms with E-state index in [1.807, 2.05) is 0 Å². The van der Waals surface area contributed by atoms with E-state index in [-0.39, 0.29) is 22.0 Å². The highest BCUT2D eigenvalue weighted by molar-refractivity contribution is 8.08. The van der Waals surface area contributed by atoms with Crippen LogP contribution in [0.1, 0.15) is 5.69 Å². The first-order valence-corrected chi connectivity index (χ1v) is 26.3. The van der Waals surface area contributed by atoms with Gasteiger partial charge in [-0.05, 0) is 79.2 Å². The Morgan fingerprint density at radius 3 is 1.80 bits per heavy atom. The maximum atomic E-state index is 13.4. The van der Waals surface area contributed by atoms with E-state index in [4.69, 9.17) is 16.2 Å². The summed E-state index contributed by atoms with van der Waals surface area (Å²) < 4.78 is 187. The third-order valence-corrected chi connectivity index (χ3v) is 17.4. The summed E-state index contributed by atoms with van der Waals surface area (Å²) in [6.07, 6.45) is 0. The number of rotatable bonds is 19. The number of aliphatic hydroxyl groups excluding tert-OH is 2. The van der Waals surface area contributed by atoms with Crippen LogP contribution in [0.25, 0.3) is 5.69 Å². The van der Waals surface area contributed by atoms with E-state index in [1.165, 1.54) is 6.92 Å². The van der Waals surface area contributed by atoms with Crippen LogP contribution in [0.4, 0.5) is 34.6 Å². The van der Waals surface area contributed by atoms with E-state index in [0.717, 1.165) is 53.2 Å². The molecule has 0 aliphatic heterocycles. The van der Waals surface area contributed by atoms with Crippen LogP contribution < -0.4 is 16.2 Å². The number of aryl methyl sites for hydroxylation is 1. The molecule has 0 saturated carbocycles. The van der Waals surface area contributed by atoms with Gasteiger partial charge < -0.3 is 20.8 Å². The first-order valence-electron chi connectivity index (χ1n) is 17.1. The van der Waals surface area contributed by atoms with Gasteiger partial charge in [-0.3, -0.25) is 28.1 Å². The molecule has 9 N–H and O–H groups in total. The molecule has 0 atom stereocenters. The fraction of sp³-hybridized carbons (Fsp3) is 0.200. The molecule has 0 fully saturated rings. The van der Waals surface area contributed by atoms with Crippen molar-refractivity contribution in [3.8, 4) is 5.69 Å². The van der Waals surface area contributed by atoms with Crippen molar-refractivity contribution in [1.29, 1.82) is 0 Å². The number of H-pyrrole nitrogens is 1. The van der Waals surface area contributed by atoms with E-state index in [9.17, 15) is 79.2 Å². The average molecular weight is 1060 g/mol. The van der Waals surface area contributed by atoms with Gasteiger partial charge in [0.15, 0.2) is 15.5 Å². The molecule has 66 heavy (non-hydrogen) atoms. The molecule has 2 heterocycles. The van der Waals surface area contributed by atoms with E-state index in [1.54, 1.807) is 0 Å². The highest BCUT2D eigenvalue weighted by Crippen LogP contribution is 2.36. The van der Waals surface area contributed by atoms with Crippen molar-refractivity contribution >= 4 is 107 Å². The first-order chi connectivity index (χ1) is 30.3. The summed E-state index contributed by atoms with van der Waals surface area (Å²) in [5.41, 5.74) is -3.37. The maximum Gasteiger partial charge on any atom is 0.397 e. The van der Waals surface area contributed by atoms with Gasteiger partial charge in [0, 0.05) is 5.69 Å². The predicted molar refractivity (Wildman–Crippen MR) is 224 cm³/mol. The number of nitrogens with one attached hydrogen (secondary N) is 3. The monoisotopic (exact) mass is 1060 g/mol. The third kappa shape index (κ3) is 11.2. The van der Waals surface area contributed by atoms with Crippen molar-refractivity contribution in [3.05, 3.63) is 82.0 Å². The normalized spacial score (nSPS) is 13.3. The molecular weight excluding hydrogens is 1030 g/mol. The Hall–Kier alpha value is -5.41. The SMILES string of the molecule is Cc1[nH]n(-c2ccc(S(=O)(=O)CCOS(=O)(=O)O)cc2)c(=O)c1N=Nc1cc(S(=O)(=O)O)c(Nc2nc(Cl)nc(Nc3ccc(S(=O)(=O)C(CO)(CO)S(=O)(=O)O)cc3)n2)cc1S(=O)(=O)O. The van der Waals surface area contributed by atoms with Gasteiger partial charge in [-0.25, -0.2) is 25.7 Å². The zero-order chi connectivity index (χ0) is 49.4. The second kappa shape index (κ2) is 18.7. The topological polar surface area (TPSA) is 461 Å². The minimum Gasteiger partial charge on any atom is -0.393 e. The van der Waals surface area contributed by atoms with Gasteiger partial charge in [0.05, 0.1) is 52.4 Å². The fourth-order valence-corrected chi connectivity index (χ4v) is 11.3. The molecule has 0 saturated heterocycles. The number of benzene rings is 3. The molecule has 0 radical (unpaired) electrons. The van der Waals surface area contributed by atoms with Gasteiger partial charge in [0.2, 0.25) is 31.1 Å². The number of anilines is 4. The molecule has 0 unspecified atom stereocenters. The van der Waals surface area contributed by atoms with Gasteiger partial charge in [0.25, 0.3) is 35.9 Å². The van der Waals surface area contributed by atoms with Crippen molar-refractivity contribution < 1.29 is 83.1 Å². The number of nitrogens with zero attached hydrogens (tertiary/aromatic N) is 6. The molecule has 0 amide bonds. The number of hydrogen-bond acceptors (Lipinski definition) is 23. The number of aromatic amines is 1. The fourth-order valence-electron chi connectivity index (χ4n) is 5.42. The second-order valence-electron chi connectivity index (χ2n) is 13.0. The number of azo groups is 1. The summed E-state index contributed by atoms with van der Waals surface area (Å²) in [6, 6.07) is 8.93. The zero-order valence-electron chi connectivity index (χ0n) is 32.5. The average Bonchev–Trinajstić information content (AvgIpc) is 3.47. The van der Waals surface area contributed by atoms with E-state index < -0.39 is 145 Å². The van der Waals surface area contributed by atoms with Crippen LogP contribution in [0.2, 0.25) is 5.28 Å². The van der Waals surface area contributed by atoms with Crippen LogP contribution in [0.15, 0.2) is 95.3 Å². The van der Waals surface area contributed by atoms with Gasteiger partial charge in [-0.15, -0.1) is 10.2 Å². The number of aromatic nitrogens is 5. The Bertz CT molecular complexity index is 3490. The van der Waals surface area contributed by atoms with Crippen LogP contribution >= 0.6 is 11.6 Å². The lowest BCUT2D eigenvalue weighted by atomic mass is 10.3. The van der Waals surface area contributed by atoms with Crippen molar-refractivity contribution in [2.24, 2.45) is 10.2 Å². The van der Waals surface area contributed by atoms with Crippen LogP contribution in [-0.4, -0.2) is 133 Å². The standard InChI is InChI=1S/C30H30ClN9O20S6/c1-16-25(26(43)40(39-16)18-4-8-19(9-5-18)61(44,45)11-10-60-66(57,58)59)38-37-22-13-23(63(48,49)50)21(12-24(22)64(51,52)53)33-29-35-27(31)34-28(36-29)32-17-2-6-20(7-3-17)62(46,47)30(14-41,15-42)65(54,55)56/h2-9,12-13,39,41-42H,10-11,14-15H2,1H3,(H,48,49,50)(H,51,52,53)(H,54,55,56)(H,57,58,59)(H2,32,33,34,35,36). The highest BCUT2D eigenvalue weighted by atomic mass is 35.5. The Labute approximate surface area is 377 Å². The molecule has 2 aromatic heterocycles.